The molecule has 9 heteroatoms. The lowest BCUT2D eigenvalue weighted by atomic mass is 9.94. The summed E-state index contributed by atoms with van der Waals surface area (Å²) in [5, 5.41) is 22.3. The molecule has 3 N–H and O–H groups in total. The molecule has 8 nitrogen and oxygen atoms in total. The number of nitrogens with zero attached hydrogens (tertiary/aromatic N) is 3. The normalized spacial score (nSPS) is 11.3. The second-order valence-corrected chi connectivity index (χ2v) is 9.66. The van der Waals surface area contributed by atoms with E-state index in [0.717, 1.165) is 17.3 Å². The standard InChI is InChI=1S/C28H27N5O3S/c1-5-23(26(34)32-22-9-7-6-8-19(22)28(35)36-4)37-27-21(15-30)24(20(14-29)25(31)33-27)18-12-10-17(11-13-18)16(2)3/h6-13,16,23H,5H2,1-4H3,(H2,31,33)(H,32,34). The van der Waals surface area contributed by atoms with Gasteiger partial charge in [0.2, 0.25) is 5.91 Å². The average Bonchev–Trinajstić information content (AvgIpc) is 2.91. The second kappa shape index (κ2) is 12.1. The van der Waals surface area contributed by atoms with Gasteiger partial charge in [0, 0.05) is 5.56 Å². The molecule has 1 atom stereocenters. The summed E-state index contributed by atoms with van der Waals surface area (Å²) >= 11 is 1.09. The van der Waals surface area contributed by atoms with Gasteiger partial charge in [0.1, 0.15) is 28.5 Å². The van der Waals surface area contributed by atoms with E-state index in [2.05, 4.69) is 36.3 Å². The smallest absolute Gasteiger partial charge is 0.339 e. The summed E-state index contributed by atoms with van der Waals surface area (Å²) in [7, 11) is 1.27. The van der Waals surface area contributed by atoms with Crippen LogP contribution in [0.15, 0.2) is 53.6 Å². The van der Waals surface area contributed by atoms with Crippen molar-refractivity contribution in [2.75, 3.05) is 18.2 Å². The highest BCUT2D eigenvalue weighted by Gasteiger charge is 2.26. The number of anilines is 2. The van der Waals surface area contributed by atoms with Gasteiger partial charge >= 0.3 is 5.97 Å². The Morgan fingerprint density at radius 3 is 2.30 bits per heavy atom. The van der Waals surface area contributed by atoms with Gasteiger partial charge in [-0.1, -0.05) is 68.9 Å². The number of pyridine rings is 1. The summed E-state index contributed by atoms with van der Waals surface area (Å²) in [5.74, 6) is -0.640. The molecule has 0 aliphatic heterocycles. The number of amides is 1. The molecule has 0 aliphatic rings. The van der Waals surface area contributed by atoms with Crippen LogP contribution in [0.4, 0.5) is 11.5 Å². The SMILES string of the molecule is CCC(Sc1nc(N)c(C#N)c(-c2ccc(C(C)C)cc2)c1C#N)C(=O)Nc1ccccc1C(=O)OC. The zero-order valence-corrected chi connectivity index (χ0v) is 21.8. The Balaban J connectivity index is 2.01. The fourth-order valence-electron chi connectivity index (χ4n) is 3.76. The number of nitrogen functional groups attached to an aromatic ring is 1. The number of methoxy groups -OCH3 is 1. The van der Waals surface area contributed by atoms with Gasteiger partial charge in [0.15, 0.2) is 0 Å². The summed E-state index contributed by atoms with van der Waals surface area (Å²) in [4.78, 5) is 29.6. The van der Waals surface area contributed by atoms with E-state index in [1.807, 2.05) is 31.2 Å². The Labute approximate surface area is 220 Å². The van der Waals surface area contributed by atoms with Crippen molar-refractivity contribution >= 4 is 35.1 Å². The molecule has 3 aromatic rings. The van der Waals surface area contributed by atoms with E-state index in [1.165, 1.54) is 7.11 Å². The van der Waals surface area contributed by atoms with Crippen molar-refractivity contribution in [1.29, 1.82) is 10.5 Å². The molecule has 0 saturated heterocycles. The Morgan fingerprint density at radius 2 is 1.73 bits per heavy atom. The van der Waals surface area contributed by atoms with Gasteiger partial charge < -0.3 is 15.8 Å². The van der Waals surface area contributed by atoms with Crippen molar-refractivity contribution in [3.8, 4) is 23.3 Å². The summed E-state index contributed by atoms with van der Waals surface area (Å²) in [6.45, 7) is 5.98. The number of nitriles is 2. The molecule has 1 unspecified atom stereocenters. The summed E-state index contributed by atoms with van der Waals surface area (Å²) in [5.41, 5.74) is 9.15. The van der Waals surface area contributed by atoms with E-state index in [4.69, 9.17) is 10.5 Å². The molecule has 1 heterocycles. The van der Waals surface area contributed by atoms with Crippen LogP contribution in [0.2, 0.25) is 0 Å². The van der Waals surface area contributed by atoms with Crippen molar-refractivity contribution in [3.05, 3.63) is 70.8 Å². The highest BCUT2D eigenvalue weighted by molar-refractivity contribution is 8.00. The number of nitrogens with two attached hydrogens (primary N) is 1. The topological polar surface area (TPSA) is 142 Å². The molecule has 0 fully saturated rings. The highest BCUT2D eigenvalue weighted by Crippen LogP contribution is 2.38. The van der Waals surface area contributed by atoms with Crippen LogP contribution in [0.1, 0.15) is 60.2 Å². The van der Waals surface area contributed by atoms with Gasteiger partial charge in [0.05, 0.1) is 29.2 Å². The lowest BCUT2D eigenvalue weighted by molar-refractivity contribution is -0.115. The van der Waals surface area contributed by atoms with Crippen molar-refractivity contribution in [3.63, 3.8) is 0 Å². The lowest BCUT2D eigenvalue weighted by Crippen LogP contribution is -2.26. The van der Waals surface area contributed by atoms with Crippen LogP contribution in [0.5, 0.6) is 0 Å². The van der Waals surface area contributed by atoms with E-state index < -0.39 is 11.2 Å². The van der Waals surface area contributed by atoms with Crippen LogP contribution in [0.3, 0.4) is 0 Å². The third-order valence-corrected chi connectivity index (χ3v) is 7.14. The number of carbonyl (C=O) groups is 2. The van der Waals surface area contributed by atoms with Gasteiger partial charge in [-0.05, 0) is 35.6 Å². The first-order valence-electron chi connectivity index (χ1n) is 11.6. The number of rotatable bonds is 8. The van der Waals surface area contributed by atoms with E-state index >= 15 is 0 Å². The number of aromatic nitrogens is 1. The van der Waals surface area contributed by atoms with E-state index in [0.29, 0.717) is 29.2 Å². The lowest BCUT2D eigenvalue weighted by Gasteiger charge is -2.18. The van der Waals surface area contributed by atoms with Gasteiger partial charge in [0.25, 0.3) is 0 Å². The van der Waals surface area contributed by atoms with E-state index in [1.54, 1.807) is 24.3 Å². The van der Waals surface area contributed by atoms with Crippen molar-refractivity contribution in [2.45, 2.75) is 43.4 Å². The molecular formula is C28H27N5O3S. The largest absolute Gasteiger partial charge is 0.465 e. The number of hydrogen-bond donors (Lipinski definition) is 2. The predicted octanol–water partition coefficient (Wildman–Crippen LogP) is 5.49. The second-order valence-electron chi connectivity index (χ2n) is 8.47. The van der Waals surface area contributed by atoms with Crippen LogP contribution in [0.25, 0.3) is 11.1 Å². The minimum atomic E-state index is -0.659. The summed E-state index contributed by atoms with van der Waals surface area (Å²) in [6, 6.07) is 18.4. The molecular weight excluding hydrogens is 486 g/mol. The molecule has 1 aromatic heterocycles. The molecule has 0 bridgehead atoms. The first kappa shape index (κ1) is 27.3. The fourth-order valence-corrected chi connectivity index (χ4v) is 4.78. The zero-order valence-electron chi connectivity index (χ0n) is 21.0. The third kappa shape index (κ3) is 5.91. The molecule has 2 aromatic carbocycles. The first-order valence-corrected chi connectivity index (χ1v) is 12.5. The number of esters is 1. The first-order chi connectivity index (χ1) is 17.7. The van der Waals surface area contributed by atoms with Gasteiger partial charge in [-0.2, -0.15) is 10.5 Å². The third-order valence-electron chi connectivity index (χ3n) is 5.79. The maximum atomic E-state index is 13.2. The van der Waals surface area contributed by atoms with Crippen LogP contribution >= 0.6 is 11.8 Å². The quantitative estimate of drug-likeness (QED) is 0.297. The van der Waals surface area contributed by atoms with Crippen LogP contribution < -0.4 is 11.1 Å². The molecule has 188 valence electrons. The molecule has 37 heavy (non-hydrogen) atoms. The summed E-state index contributed by atoms with van der Waals surface area (Å²) in [6.07, 6.45) is 0.405. The summed E-state index contributed by atoms with van der Waals surface area (Å²) < 4.78 is 4.80. The number of benzene rings is 2. The van der Waals surface area contributed by atoms with Gasteiger partial charge in [-0.25, -0.2) is 9.78 Å². The monoisotopic (exact) mass is 513 g/mol. The van der Waals surface area contributed by atoms with Gasteiger partial charge in [-0.3, -0.25) is 4.79 Å². The van der Waals surface area contributed by atoms with Crippen LogP contribution in [-0.2, 0) is 9.53 Å². The number of para-hydroxylation sites is 1. The molecule has 0 saturated carbocycles. The molecule has 0 aliphatic carbocycles. The Morgan fingerprint density at radius 1 is 1.08 bits per heavy atom. The van der Waals surface area contributed by atoms with E-state index in [9.17, 15) is 20.1 Å². The average molecular weight is 514 g/mol. The number of hydrogen-bond acceptors (Lipinski definition) is 8. The minimum Gasteiger partial charge on any atom is -0.465 e. The van der Waals surface area contributed by atoms with Gasteiger partial charge in [-0.15, -0.1) is 0 Å². The fraction of sp³-hybridized carbons (Fsp3) is 0.250. The molecule has 3 rings (SSSR count). The zero-order chi connectivity index (χ0) is 27.1. The maximum Gasteiger partial charge on any atom is 0.339 e. The van der Waals surface area contributed by atoms with Crippen molar-refractivity contribution in [2.24, 2.45) is 0 Å². The number of thioether (sulfide) groups is 1. The Bertz CT molecular complexity index is 1410. The van der Waals surface area contributed by atoms with Crippen molar-refractivity contribution in [1.82, 2.24) is 4.98 Å². The Kier molecular flexibility index (Phi) is 8.89. The number of ether oxygens (including phenoxy) is 1. The highest BCUT2D eigenvalue weighted by atomic mass is 32.2. The van der Waals surface area contributed by atoms with Crippen molar-refractivity contribution < 1.29 is 14.3 Å². The molecule has 0 radical (unpaired) electrons. The Hall–Kier alpha value is -4.34. The minimum absolute atomic E-state index is 0.0155. The maximum absolute atomic E-state index is 13.2. The van der Waals surface area contributed by atoms with Crippen LogP contribution in [0, 0.1) is 22.7 Å². The van der Waals surface area contributed by atoms with E-state index in [-0.39, 0.29) is 33.4 Å². The number of carbonyl (C=O) groups excluding carboxylic acids is 2. The number of nitrogens with one attached hydrogen (secondary N) is 1. The predicted molar refractivity (Wildman–Crippen MR) is 144 cm³/mol. The molecule has 0 spiro atoms. The molecule has 1 amide bonds. The van der Waals surface area contributed by atoms with Crippen LogP contribution in [-0.4, -0.2) is 29.2 Å².